The second-order valence-corrected chi connectivity index (χ2v) is 8.60. The lowest BCUT2D eigenvalue weighted by Gasteiger charge is -2.43. The van der Waals surface area contributed by atoms with Crippen LogP contribution in [0.1, 0.15) is 90.4 Å². The second kappa shape index (κ2) is 13.2. The van der Waals surface area contributed by atoms with Crippen LogP contribution in [0.25, 0.3) is 0 Å². The van der Waals surface area contributed by atoms with Gasteiger partial charge in [0.25, 0.3) is 11.8 Å². The van der Waals surface area contributed by atoms with Crippen molar-refractivity contribution in [3.63, 3.8) is 0 Å². The van der Waals surface area contributed by atoms with E-state index < -0.39 is 30.1 Å². The minimum atomic E-state index is -1.58. The Morgan fingerprint density at radius 1 is 0.867 bits per heavy atom. The van der Waals surface area contributed by atoms with E-state index in [2.05, 4.69) is 17.6 Å². The van der Waals surface area contributed by atoms with Gasteiger partial charge in [-0.05, 0) is 38.5 Å². The van der Waals surface area contributed by atoms with Crippen LogP contribution >= 0.6 is 0 Å². The summed E-state index contributed by atoms with van der Waals surface area (Å²) in [7, 11) is 0. The first-order valence-corrected chi connectivity index (χ1v) is 11.7. The Labute approximate surface area is 180 Å². The van der Waals surface area contributed by atoms with Gasteiger partial charge in [-0.3, -0.25) is 9.59 Å². The molecule has 2 fully saturated rings. The molecule has 0 saturated carbocycles. The number of hydrogen-bond donors (Lipinski definition) is 4. The van der Waals surface area contributed by atoms with E-state index in [1.54, 1.807) is 0 Å². The van der Waals surface area contributed by atoms with Crippen molar-refractivity contribution < 1.29 is 29.3 Å². The molecule has 2 heterocycles. The average molecular weight is 429 g/mol. The van der Waals surface area contributed by atoms with Crippen LogP contribution in [-0.4, -0.2) is 53.5 Å². The SMILES string of the molecule is CCCCC1CCCCCCOC(O)C(=O)NC12CCCCCCOC(O)C(=O)N2. The predicted molar refractivity (Wildman–Crippen MR) is 112 cm³/mol. The maximum absolute atomic E-state index is 12.8. The van der Waals surface area contributed by atoms with E-state index in [0.29, 0.717) is 19.6 Å². The number of aliphatic hydroxyl groups excluding tert-OH is 2. The van der Waals surface area contributed by atoms with E-state index in [0.717, 1.165) is 77.0 Å². The maximum Gasteiger partial charge on any atom is 0.278 e. The summed E-state index contributed by atoms with van der Waals surface area (Å²) >= 11 is 0. The third-order valence-electron chi connectivity index (χ3n) is 6.21. The van der Waals surface area contributed by atoms with Crippen molar-refractivity contribution in [3.05, 3.63) is 0 Å². The highest BCUT2D eigenvalue weighted by atomic mass is 16.6. The second-order valence-electron chi connectivity index (χ2n) is 8.60. The van der Waals surface area contributed by atoms with Crippen LogP contribution in [-0.2, 0) is 19.1 Å². The van der Waals surface area contributed by atoms with Gasteiger partial charge in [-0.2, -0.15) is 0 Å². The van der Waals surface area contributed by atoms with Gasteiger partial charge in [0.2, 0.25) is 12.6 Å². The monoisotopic (exact) mass is 428 g/mol. The molecule has 2 rings (SSSR count). The molecule has 1 spiro atoms. The normalized spacial score (nSPS) is 33.5. The van der Waals surface area contributed by atoms with Crippen LogP contribution in [0.4, 0.5) is 0 Å². The number of unbranched alkanes of at least 4 members (excludes halogenated alkanes) is 1. The number of carbonyl (C=O) groups is 2. The number of rotatable bonds is 3. The molecule has 8 nitrogen and oxygen atoms in total. The number of amides is 2. The fourth-order valence-electron chi connectivity index (χ4n) is 4.46. The molecule has 0 radical (unpaired) electrons. The molecule has 0 aromatic rings. The summed E-state index contributed by atoms with van der Waals surface area (Å²) in [5.74, 6) is -1.31. The van der Waals surface area contributed by atoms with Gasteiger partial charge in [-0.1, -0.05) is 51.9 Å². The van der Waals surface area contributed by atoms with E-state index in [4.69, 9.17) is 9.47 Å². The molecule has 0 aromatic heterocycles. The summed E-state index contributed by atoms with van der Waals surface area (Å²) in [6.07, 6.45) is 8.30. The molecule has 2 saturated heterocycles. The molecule has 30 heavy (non-hydrogen) atoms. The molecular weight excluding hydrogens is 388 g/mol. The van der Waals surface area contributed by atoms with Crippen LogP contribution in [0.5, 0.6) is 0 Å². The molecule has 0 aromatic carbocycles. The number of hydrogen-bond acceptors (Lipinski definition) is 6. The van der Waals surface area contributed by atoms with Crippen molar-refractivity contribution in [2.75, 3.05) is 13.2 Å². The van der Waals surface area contributed by atoms with Gasteiger partial charge in [-0.15, -0.1) is 0 Å². The highest BCUT2D eigenvalue weighted by Gasteiger charge is 2.43. The molecule has 0 aliphatic carbocycles. The minimum absolute atomic E-state index is 0.00932. The smallest absolute Gasteiger partial charge is 0.278 e. The molecular formula is C22H40N2O6. The van der Waals surface area contributed by atoms with Crippen LogP contribution < -0.4 is 10.6 Å². The highest BCUT2D eigenvalue weighted by Crippen LogP contribution is 2.32. The summed E-state index contributed by atoms with van der Waals surface area (Å²) < 4.78 is 10.6. The van der Waals surface area contributed by atoms with Gasteiger partial charge in [0.15, 0.2) is 0 Å². The van der Waals surface area contributed by atoms with Crippen molar-refractivity contribution in [3.8, 4) is 0 Å². The highest BCUT2D eigenvalue weighted by molar-refractivity contribution is 5.83. The molecule has 2 aliphatic rings. The van der Waals surface area contributed by atoms with Gasteiger partial charge in [0.05, 0.1) is 13.2 Å². The lowest BCUT2D eigenvalue weighted by Crippen LogP contribution is -2.67. The minimum Gasteiger partial charge on any atom is -0.361 e. The van der Waals surface area contributed by atoms with E-state index >= 15 is 0 Å². The summed E-state index contributed by atoms with van der Waals surface area (Å²) in [5, 5.41) is 26.2. The van der Waals surface area contributed by atoms with Gasteiger partial charge in [-0.25, -0.2) is 0 Å². The number of aliphatic hydroxyl groups is 2. The first-order chi connectivity index (χ1) is 14.5. The van der Waals surface area contributed by atoms with Crippen molar-refractivity contribution in [2.24, 2.45) is 5.92 Å². The Bertz CT molecular complexity index is 532. The van der Waals surface area contributed by atoms with Gasteiger partial charge in [0.1, 0.15) is 5.66 Å². The molecule has 2 aliphatic heterocycles. The fourth-order valence-corrected chi connectivity index (χ4v) is 4.46. The average Bonchev–Trinajstić information content (AvgIpc) is 2.75. The Kier molecular flexibility index (Phi) is 11.1. The zero-order chi connectivity index (χ0) is 21.8. The van der Waals surface area contributed by atoms with E-state index in [1.807, 2.05) is 0 Å². The van der Waals surface area contributed by atoms with Crippen LogP contribution in [0.2, 0.25) is 0 Å². The predicted octanol–water partition coefficient (Wildman–Crippen LogP) is 2.32. The lowest BCUT2D eigenvalue weighted by molar-refractivity contribution is -0.167. The molecule has 174 valence electrons. The largest absolute Gasteiger partial charge is 0.361 e. The Hall–Kier alpha value is -1.22. The van der Waals surface area contributed by atoms with Crippen LogP contribution in [0, 0.1) is 5.92 Å². The molecule has 4 unspecified atom stereocenters. The molecule has 2 amide bonds. The molecule has 4 N–H and O–H groups in total. The van der Waals surface area contributed by atoms with E-state index in [-0.39, 0.29) is 5.92 Å². The fraction of sp³-hybridized carbons (Fsp3) is 0.909. The van der Waals surface area contributed by atoms with Gasteiger partial charge < -0.3 is 30.3 Å². The summed E-state index contributed by atoms with van der Waals surface area (Å²) in [6.45, 7) is 2.76. The van der Waals surface area contributed by atoms with Crippen LogP contribution in [0.3, 0.4) is 0 Å². The molecule has 8 heteroatoms. The zero-order valence-corrected chi connectivity index (χ0v) is 18.4. The van der Waals surface area contributed by atoms with Crippen molar-refractivity contribution in [1.82, 2.24) is 10.6 Å². The maximum atomic E-state index is 12.8. The van der Waals surface area contributed by atoms with Crippen molar-refractivity contribution >= 4 is 11.8 Å². The number of ether oxygens (including phenoxy) is 2. The third kappa shape index (κ3) is 7.80. The summed E-state index contributed by atoms with van der Waals surface area (Å²) in [5.41, 5.74) is -1.05. The Balaban J connectivity index is 2.37. The van der Waals surface area contributed by atoms with Gasteiger partial charge in [0, 0.05) is 5.92 Å². The molecule has 0 bridgehead atoms. The van der Waals surface area contributed by atoms with Crippen molar-refractivity contribution in [1.29, 1.82) is 0 Å². The number of carbonyl (C=O) groups excluding carboxylic acids is 2. The Morgan fingerprint density at radius 3 is 1.97 bits per heavy atom. The Morgan fingerprint density at radius 2 is 1.40 bits per heavy atom. The zero-order valence-electron chi connectivity index (χ0n) is 18.4. The first kappa shape index (κ1) is 25.0. The molecule has 4 atom stereocenters. The van der Waals surface area contributed by atoms with E-state index in [1.165, 1.54) is 0 Å². The quantitative estimate of drug-likeness (QED) is 0.548. The third-order valence-corrected chi connectivity index (χ3v) is 6.21. The number of nitrogens with one attached hydrogen (secondary N) is 2. The standard InChI is InChI=1S/C22H40N2O6/c1-2-3-12-17-13-8-4-6-10-15-29-20(27)18(25)23-22(17)14-9-5-7-11-16-30-21(28)19(26)24-22/h17,20-21,27-28H,2-16H2,1H3,(H,23,25)(H,24,26). The van der Waals surface area contributed by atoms with Crippen molar-refractivity contribution in [2.45, 2.75) is 109 Å². The van der Waals surface area contributed by atoms with E-state index in [9.17, 15) is 19.8 Å². The first-order valence-electron chi connectivity index (χ1n) is 11.7. The topological polar surface area (TPSA) is 117 Å². The summed E-state index contributed by atoms with van der Waals surface area (Å²) in [4.78, 5) is 25.6. The summed E-state index contributed by atoms with van der Waals surface area (Å²) in [6, 6.07) is 0. The van der Waals surface area contributed by atoms with Crippen LogP contribution in [0.15, 0.2) is 0 Å². The van der Waals surface area contributed by atoms with Gasteiger partial charge >= 0.3 is 0 Å². The lowest BCUT2D eigenvalue weighted by atomic mass is 9.79.